The lowest BCUT2D eigenvalue weighted by Crippen LogP contribution is -2.15. The number of carboxylic acids is 1. The molecule has 1 heterocycles. The summed E-state index contributed by atoms with van der Waals surface area (Å²) in [7, 11) is 0. The molecule has 1 fully saturated rings. The Balaban J connectivity index is 1.63. The second-order valence-electron chi connectivity index (χ2n) is 5.16. The van der Waals surface area contributed by atoms with E-state index in [-0.39, 0.29) is 11.8 Å². The van der Waals surface area contributed by atoms with E-state index >= 15 is 0 Å². The SMILES string of the molecule is O=C(O)CC1(CSc2ccc3c(c2)OCCO3)CC1. The zero-order valence-corrected chi connectivity index (χ0v) is 11.4. The molecule has 1 aliphatic heterocycles. The van der Waals surface area contributed by atoms with Crippen LogP contribution in [0.5, 0.6) is 11.5 Å². The molecule has 0 bridgehead atoms. The Bertz CT molecular complexity index is 496. The first kappa shape index (κ1) is 12.7. The van der Waals surface area contributed by atoms with E-state index in [0.29, 0.717) is 13.2 Å². The van der Waals surface area contributed by atoms with Gasteiger partial charge in [-0.15, -0.1) is 11.8 Å². The molecule has 4 nitrogen and oxygen atoms in total. The van der Waals surface area contributed by atoms with Gasteiger partial charge in [0.2, 0.25) is 0 Å². The van der Waals surface area contributed by atoms with Crippen LogP contribution >= 0.6 is 11.8 Å². The number of aliphatic carboxylic acids is 1. The van der Waals surface area contributed by atoms with E-state index in [4.69, 9.17) is 14.6 Å². The van der Waals surface area contributed by atoms with Gasteiger partial charge in [-0.25, -0.2) is 0 Å². The second kappa shape index (κ2) is 4.96. The lowest BCUT2D eigenvalue weighted by atomic mass is 10.1. The third-order valence-corrected chi connectivity index (χ3v) is 4.89. The summed E-state index contributed by atoms with van der Waals surface area (Å²) >= 11 is 1.71. The minimum atomic E-state index is -0.694. The fraction of sp³-hybridized carbons (Fsp3) is 0.500. The average Bonchev–Trinajstić information content (AvgIpc) is 3.15. The maximum atomic E-state index is 10.8. The molecule has 1 aromatic rings. The third kappa shape index (κ3) is 2.97. The van der Waals surface area contributed by atoms with Crippen molar-refractivity contribution in [3.05, 3.63) is 18.2 Å². The Hall–Kier alpha value is -1.36. The number of carboxylic acid groups (broad SMARTS) is 1. The van der Waals surface area contributed by atoms with Gasteiger partial charge < -0.3 is 14.6 Å². The number of hydrogen-bond donors (Lipinski definition) is 1. The van der Waals surface area contributed by atoms with Gasteiger partial charge in [-0.2, -0.15) is 0 Å². The van der Waals surface area contributed by atoms with E-state index in [1.54, 1.807) is 11.8 Å². The molecule has 0 aromatic heterocycles. The molecule has 1 aliphatic carbocycles. The van der Waals surface area contributed by atoms with Gasteiger partial charge in [0, 0.05) is 10.6 Å². The van der Waals surface area contributed by atoms with E-state index in [1.165, 1.54) is 0 Å². The van der Waals surface area contributed by atoms with Gasteiger partial charge in [0.15, 0.2) is 11.5 Å². The van der Waals surface area contributed by atoms with Crippen molar-refractivity contribution in [2.45, 2.75) is 24.2 Å². The summed E-state index contributed by atoms with van der Waals surface area (Å²) in [4.78, 5) is 11.9. The van der Waals surface area contributed by atoms with Gasteiger partial charge in [0.1, 0.15) is 13.2 Å². The number of ether oxygens (including phenoxy) is 2. The number of hydrogen-bond acceptors (Lipinski definition) is 4. The van der Waals surface area contributed by atoms with Crippen LogP contribution in [0.25, 0.3) is 0 Å². The standard InChI is InChI=1S/C14H16O4S/c15-13(16)8-14(3-4-14)9-19-10-1-2-11-12(7-10)18-6-5-17-11/h1-2,7H,3-6,8-9H2,(H,15,16). The second-order valence-corrected chi connectivity index (χ2v) is 6.21. The third-order valence-electron chi connectivity index (χ3n) is 3.54. The highest BCUT2D eigenvalue weighted by atomic mass is 32.2. The largest absolute Gasteiger partial charge is 0.486 e. The highest BCUT2D eigenvalue weighted by Crippen LogP contribution is 2.52. The molecule has 5 heteroatoms. The van der Waals surface area contributed by atoms with Gasteiger partial charge in [-0.1, -0.05) is 0 Å². The van der Waals surface area contributed by atoms with Crippen LogP contribution in [-0.4, -0.2) is 30.0 Å². The van der Waals surface area contributed by atoms with Gasteiger partial charge >= 0.3 is 5.97 Å². The Morgan fingerprint density at radius 3 is 2.68 bits per heavy atom. The van der Waals surface area contributed by atoms with Crippen molar-refractivity contribution in [1.29, 1.82) is 0 Å². The van der Waals surface area contributed by atoms with Crippen LogP contribution in [0.3, 0.4) is 0 Å². The van der Waals surface area contributed by atoms with Crippen molar-refractivity contribution in [3.63, 3.8) is 0 Å². The van der Waals surface area contributed by atoms with Gasteiger partial charge in [0.05, 0.1) is 6.42 Å². The Kier molecular flexibility index (Phi) is 3.31. The maximum absolute atomic E-state index is 10.8. The first-order valence-electron chi connectivity index (χ1n) is 6.41. The number of benzene rings is 1. The Morgan fingerprint density at radius 2 is 2.00 bits per heavy atom. The van der Waals surface area contributed by atoms with Crippen LogP contribution in [0.1, 0.15) is 19.3 Å². The van der Waals surface area contributed by atoms with E-state index in [2.05, 4.69) is 0 Å². The van der Waals surface area contributed by atoms with Crippen molar-refractivity contribution in [3.8, 4) is 11.5 Å². The van der Waals surface area contributed by atoms with Crippen LogP contribution in [0.4, 0.5) is 0 Å². The van der Waals surface area contributed by atoms with Crippen LogP contribution in [0.2, 0.25) is 0 Å². The van der Waals surface area contributed by atoms with Crippen molar-refractivity contribution in [2.24, 2.45) is 5.41 Å². The van der Waals surface area contributed by atoms with Crippen LogP contribution < -0.4 is 9.47 Å². The van der Waals surface area contributed by atoms with E-state index in [0.717, 1.165) is 35.0 Å². The van der Waals surface area contributed by atoms with Gasteiger partial charge in [-0.3, -0.25) is 4.79 Å². The summed E-state index contributed by atoms with van der Waals surface area (Å²) in [6.45, 7) is 1.19. The Morgan fingerprint density at radius 1 is 1.26 bits per heavy atom. The van der Waals surface area contributed by atoms with Gasteiger partial charge in [-0.05, 0) is 36.5 Å². The summed E-state index contributed by atoms with van der Waals surface area (Å²) in [5.74, 6) is 1.75. The van der Waals surface area contributed by atoms with E-state index in [1.807, 2.05) is 18.2 Å². The molecule has 0 saturated heterocycles. The lowest BCUT2D eigenvalue weighted by Gasteiger charge is -2.19. The Labute approximate surface area is 116 Å². The number of carbonyl (C=O) groups is 1. The quantitative estimate of drug-likeness (QED) is 0.840. The van der Waals surface area contributed by atoms with Crippen LogP contribution in [0.15, 0.2) is 23.1 Å². The first-order valence-corrected chi connectivity index (χ1v) is 7.40. The summed E-state index contributed by atoms with van der Waals surface area (Å²) in [6.07, 6.45) is 2.33. The predicted octanol–water partition coefficient (Wildman–Crippen LogP) is 2.80. The molecule has 0 amide bonds. The molecule has 0 atom stereocenters. The summed E-state index contributed by atoms with van der Waals surface area (Å²) in [5, 5.41) is 8.90. The maximum Gasteiger partial charge on any atom is 0.303 e. The zero-order chi connectivity index (χ0) is 13.3. The van der Waals surface area contributed by atoms with E-state index in [9.17, 15) is 4.79 Å². The average molecular weight is 280 g/mol. The smallest absolute Gasteiger partial charge is 0.303 e. The molecule has 1 saturated carbocycles. The molecule has 1 aromatic carbocycles. The monoisotopic (exact) mass is 280 g/mol. The van der Waals surface area contributed by atoms with Crippen molar-refractivity contribution >= 4 is 17.7 Å². The molecular weight excluding hydrogens is 264 g/mol. The number of thioether (sulfide) groups is 1. The van der Waals surface area contributed by atoms with Gasteiger partial charge in [0.25, 0.3) is 0 Å². The fourth-order valence-corrected chi connectivity index (χ4v) is 3.44. The molecular formula is C14H16O4S. The van der Waals surface area contributed by atoms with Crippen LogP contribution in [0, 0.1) is 5.41 Å². The molecule has 3 rings (SSSR count). The molecule has 1 N–H and O–H groups in total. The molecule has 102 valence electrons. The zero-order valence-electron chi connectivity index (χ0n) is 10.6. The fourth-order valence-electron chi connectivity index (χ4n) is 2.22. The number of rotatable bonds is 5. The number of fused-ring (bicyclic) bond motifs is 1. The molecule has 0 spiro atoms. The summed E-state index contributed by atoms with van der Waals surface area (Å²) < 4.78 is 11.0. The highest BCUT2D eigenvalue weighted by Gasteiger charge is 2.44. The molecule has 2 aliphatic rings. The van der Waals surface area contributed by atoms with E-state index < -0.39 is 5.97 Å². The van der Waals surface area contributed by atoms with Crippen molar-refractivity contribution in [1.82, 2.24) is 0 Å². The van der Waals surface area contributed by atoms with Crippen LogP contribution in [-0.2, 0) is 4.79 Å². The topological polar surface area (TPSA) is 55.8 Å². The minimum Gasteiger partial charge on any atom is -0.486 e. The lowest BCUT2D eigenvalue weighted by molar-refractivity contribution is -0.138. The minimum absolute atomic E-state index is 0.0176. The molecule has 0 radical (unpaired) electrons. The highest BCUT2D eigenvalue weighted by molar-refractivity contribution is 7.99. The first-order chi connectivity index (χ1) is 9.17. The summed E-state index contributed by atoms with van der Waals surface area (Å²) in [6, 6.07) is 5.92. The van der Waals surface area contributed by atoms with Crippen molar-refractivity contribution < 1.29 is 19.4 Å². The van der Waals surface area contributed by atoms with Crippen molar-refractivity contribution in [2.75, 3.05) is 19.0 Å². The normalized spacial score (nSPS) is 18.9. The molecule has 19 heavy (non-hydrogen) atoms. The molecule has 0 unspecified atom stereocenters. The summed E-state index contributed by atoms with van der Waals surface area (Å²) in [5.41, 5.74) is 0.0176. The predicted molar refractivity (Wildman–Crippen MR) is 72.1 cm³/mol.